The van der Waals surface area contributed by atoms with Crippen molar-refractivity contribution in [2.45, 2.75) is 19.0 Å². The molecule has 5 heteroatoms. The van der Waals surface area contributed by atoms with Crippen molar-refractivity contribution in [1.29, 1.82) is 0 Å². The van der Waals surface area contributed by atoms with Gasteiger partial charge in [0.2, 0.25) is 0 Å². The molecule has 1 aliphatic rings. The van der Waals surface area contributed by atoms with Crippen LogP contribution in [0.2, 0.25) is 0 Å². The molecule has 2 rings (SSSR count). The van der Waals surface area contributed by atoms with E-state index in [1.165, 1.54) is 12.1 Å². The maximum Gasteiger partial charge on any atom is 0.164 e. The molecule has 0 aromatic heterocycles. The highest BCUT2D eigenvalue weighted by atomic mass is 35.5. The SMILES string of the molecule is Cl.Fc1cccc(C(F)C2CCCNC2)c1F. The minimum absolute atomic E-state index is 0. The molecule has 1 aliphatic heterocycles. The first kappa shape index (κ1) is 14.3. The van der Waals surface area contributed by atoms with Crippen LogP contribution >= 0.6 is 12.4 Å². The first-order chi connectivity index (χ1) is 7.70. The van der Waals surface area contributed by atoms with E-state index in [-0.39, 0.29) is 23.9 Å². The summed E-state index contributed by atoms with van der Waals surface area (Å²) in [6.07, 6.45) is 0.162. The van der Waals surface area contributed by atoms with Crippen molar-refractivity contribution < 1.29 is 13.2 Å². The molecular formula is C12H15ClF3N. The van der Waals surface area contributed by atoms with Gasteiger partial charge in [0.25, 0.3) is 0 Å². The molecule has 1 saturated heterocycles. The van der Waals surface area contributed by atoms with Gasteiger partial charge in [-0.3, -0.25) is 0 Å². The van der Waals surface area contributed by atoms with Gasteiger partial charge >= 0.3 is 0 Å². The fraction of sp³-hybridized carbons (Fsp3) is 0.500. The van der Waals surface area contributed by atoms with E-state index in [1.54, 1.807) is 0 Å². The van der Waals surface area contributed by atoms with E-state index in [9.17, 15) is 13.2 Å². The molecule has 0 radical (unpaired) electrons. The fourth-order valence-corrected chi connectivity index (χ4v) is 2.12. The van der Waals surface area contributed by atoms with Gasteiger partial charge in [-0.2, -0.15) is 0 Å². The van der Waals surface area contributed by atoms with E-state index in [0.29, 0.717) is 13.0 Å². The lowest BCUT2D eigenvalue weighted by Crippen LogP contribution is -2.32. The highest BCUT2D eigenvalue weighted by molar-refractivity contribution is 5.85. The molecule has 1 nitrogen and oxygen atoms in total. The van der Waals surface area contributed by atoms with Gasteiger partial charge in [0.05, 0.1) is 0 Å². The zero-order valence-electron chi connectivity index (χ0n) is 9.26. The van der Waals surface area contributed by atoms with Crippen LogP contribution in [0.4, 0.5) is 13.2 Å². The lowest BCUT2D eigenvalue weighted by atomic mass is 9.90. The molecule has 2 unspecified atom stereocenters. The number of piperidine rings is 1. The van der Waals surface area contributed by atoms with Crippen LogP contribution in [0.25, 0.3) is 0 Å². The Balaban J connectivity index is 0.00000144. The van der Waals surface area contributed by atoms with Crippen LogP contribution in [0.5, 0.6) is 0 Å². The predicted molar refractivity (Wildman–Crippen MR) is 63.0 cm³/mol. The second kappa shape index (κ2) is 6.26. The first-order valence-electron chi connectivity index (χ1n) is 5.49. The second-order valence-electron chi connectivity index (χ2n) is 4.15. The lowest BCUT2D eigenvalue weighted by molar-refractivity contribution is 0.188. The van der Waals surface area contributed by atoms with Crippen molar-refractivity contribution in [1.82, 2.24) is 5.32 Å². The Morgan fingerprint density at radius 1 is 1.29 bits per heavy atom. The summed E-state index contributed by atoms with van der Waals surface area (Å²) in [4.78, 5) is 0. The summed E-state index contributed by atoms with van der Waals surface area (Å²) < 4.78 is 40.3. The monoisotopic (exact) mass is 265 g/mol. The van der Waals surface area contributed by atoms with Crippen molar-refractivity contribution in [3.8, 4) is 0 Å². The number of rotatable bonds is 2. The molecular weight excluding hydrogens is 251 g/mol. The summed E-state index contributed by atoms with van der Waals surface area (Å²) in [7, 11) is 0. The summed E-state index contributed by atoms with van der Waals surface area (Å²) >= 11 is 0. The number of nitrogens with one attached hydrogen (secondary N) is 1. The molecule has 0 spiro atoms. The van der Waals surface area contributed by atoms with E-state index in [1.807, 2.05) is 0 Å². The molecule has 1 heterocycles. The fourth-order valence-electron chi connectivity index (χ4n) is 2.12. The summed E-state index contributed by atoms with van der Waals surface area (Å²) in [6, 6.07) is 3.67. The quantitative estimate of drug-likeness (QED) is 0.864. The largest absolute Gasteiger partial charge is 0.316 e. The zero-order valence-corrected chi connectivity index (χ0v) is 10.1. The number of hydrogen-bond donors (Lipinski definition) is 1. The van der Waals surface area contributed by atoms with Crippen LogP contribution in [-0.2, 0) is 0 Å². The standard InChI is InChI=1S/C12H14F3N.ClH/c13-10-5-1-4-9(12(10)15)11(14)8-3-2-6-16-7-8;/h1,4-5,8,11,16H,2-3,6-7H2;1H. The van der Waals surface area contributed by atoms with Gasteiger partial charge in [-0.15, -0.1) is 12.4 Å². The minimum Gasteiger partial charge on any atom is -0.316 e. The lowest BCUT2D eigenvalue weighted by Gasteiger charge is -2.26. The van der Waals surface area contributed by atoms with Crippen molar-refractivity contribution in [3.05, 3.63) is 35.4 Å². The normalized spacial score (nSPS) is 21.7. The molecule has 2 atom stereocenters. The average molecular weight is 266 g/mol. The Hall–Kier alpha value is -0.740. The maximum absolute atomic E-state index is 14.0. The summed E-state index contributed by atoms with van der Waals surface area (Å²) in [6.45, 7) is 1.39. The third kappa shape index (κ3) is 3.13. The van der Waals surface area contributed by atoms with Gasteiger partial charge in [0.15, 0.2) is 11.6 Å². The summed E-state index contributed by atoms with van der Waals surface area (Å²) in [5, 5.41) is 3.06. The summed E-state index contributed by atoms with van der Waals surface area (Å²) in [5.74, 6) is -2.30. The van der Waals surface area contributed by atoms with Gasteiger partial charge in [0.1, 0.15) is 6.17 Å². The minimum atomic E-state index is -1.43. The van der Waals surface area contributed by atoms with Crippen LogP contribution in [0.15, 0.2) is 18.2 Å². The number of hydrogen-bond acceptors (Lipinski definition) is 1. The molecule has 0 saturated carbocycles. The number of alkyl halides is 1. The molecule has 17 heavy (non-hydrogen) atoms. The predicted octanol–water partition coefficient (Wildman–Crippen LogP) is 3.40. The first-order valence-corrected chi connectivity index (χ1v) is 5.49. The molecule has 0 bridgehead atoms. The van der Waals surface area contributed by atoms with E-state index in [2.05, 4.69) is 5.32 Å². The van der Waals surface area contributed by atoms with Crippen molar-refractivity contribution in [3.63, 3.8) is 0 Å². The molecule has 96 valence electrons. The Labute approximate surface area is 105 Å². The van der Waals surface area contributed by atoms with Crippen molar-refractivity contribution >= 4 is 12.4 Å². The van der Waals surface area contributed by atoms with E-state index < -0.39 is 17.8 Å². The molecule has 1 aromatic carbocycles. The average Bonchev–Trinajstić information content (AvgIpc) is 2.33. The van der Waals surface area contributed by atoms with E-state index in [0.717, 1.165) is 19.0 Å². The second-order valence-corrected chi connectivity index (χ2v) is 4.15. The van der Waals surface area contributed by atoms with Crippen molar-refractivity contribution in [2.75, 3.05) is 13.1 Å². The summed E-state index contributed by atoms with van der Waals surface area (Å²) in [5.41, 5.74) is -0.159. The smallest absolute Gasteiger partial charge is 0.164 e. The van der Waals surface area contributed by atoms with Gasteiger partial charge in [-0.25, -0.2) is 13.2 Å². The highest BCUT2D eigenvalue weighted by Crippen LogP contribution is 2.32. The van der Waals surface area contributed by atoms with Crippen LogP contribution < -0.4 is 5.32 Å². The van der Waals surface area contributed by atoms with Crippen molar-refractivity contribution in [2.24, 2.45) is 5.92 Å². The Bertz CT molecular complexity index is 367. The van der Waals surface area contributed by atoms with Crippen LogP contribution in [0.1, 0.15) is 24.6 Å². The van der Waals surface area contributed by atoms with Gasteiger partial charge in [-0.1, -0.05) is 12.1 Å². The highest BCUT2D eigenvalue weighted by Gasteiger charge is 2.27. The van der Waals surface area contributed by atoms with E-state index >= 15 is 0 Å². The number of halogens is 4. The Morgan fingerprint density at radius 3 is 2.71 bits per heavy atom. The van der Waals surface area contributed by atoms with Gasteiger partial charge in [0, 0.05) is 18.0 Å². The molecule has 1 N–H and O–H groups in total. The number of benzene rings is 1. The molecule has 0 amide bonds. The van der Waals surface area contributed by atoms with Gasteiger partial charge in [-0.05, 0) is 25.5 Å². The van der Waals surface area contributed by atoms with Gasteiger partial charge < -0.3 is 5.32 Å². The van der Waals surface area contributed by atoms with Crippen LogP contribution in [0.3, 0.4) is 0 Å². The van der Waals surface area contributed by atoms with Crippen LogP contribution in [-0.4, -0.2) is 13.1 Å². The molecule has 1 fully saturated rings. The third-order valence-corrected chi connectivity index (χ3v) is 3.03. The Kier molecular flexibility index (Phi) is 5.28. The molecule has 1 aromatic rings. The third-order valence-electron chi connectivity index (χ3n) is 3.03. The maximum atomic E-state index is 14.0. The van der Waals surface area contributed by atoms with Crippen LogP contribution in [0, 0.1) is 17.6 Å². The van der Waals surface area contributed by atoms with E-state index in [4.69, 9.17) is 0 Å². The molecule has 0 aliphatic carbocycles. The Morgan fingerprint density at radius 2 is 2.06 bits per heavy atom. The topological polar surface area (TPSA) is 12.0 Å². The zero-order chi connectivity index (χ0) is 11.5.